The largest absolute Gasteiger partial charge is 0.464 e. The third-order valence-electron chi connectivity index (χ3n) is 2.39. The van der Waals surface area contributed by atoms with Gasteiger partial charge in [-0.25, -0.2) is 0 Å². The highest BCUT2D eigenvalue weighted by Crippen LogP contribution is 2.19. The van der Waals surface area contributed by atoms with E-state index in [1.165, 1.54) is 0 Å². The predicted molar refractivity (Wildman–Crippen MR) is 70.7 cm³/mol. The van der Waals surface area contributed by atoms with E-state index in [9.17, 15) is 0 Å². The molecule has 0 bridgehead atoms. The Labute approximate surface area is 106 Å². The molecule has 0 atom stereocenters. The fourth-order valence-electron chi connectivity index (χ4n) is 1.58. The van der Waals surface area contributed by atoms with Gasteiger partial charge in [0.15, 0.2) is 5.82 Å². The minimum absolute atomic E-state index is 0.341. The lowest BCUT2D eigenvalue weighted by molar-refractivity contribution is 0.312. The molecular weight excluding hydrogens is 228 g/mol. The quantitative estimate of drug-likeness (QED) is 0.894. The minimum Gasteiger partial charge on any atom is -0.464 e. The summed E-state index contributed by atoms with van der Waals surface area (Å²) in [5.74, 6) is 1.12. The molecule has 0 radical (unpaired) electrons. The lowest BCUT2D eigenvalue weighted by Gasteiger charge is -2.07. The van der Waals surface area contributed by atoms with E-state index in [2.05, 4.69) is 20.3 Å². The molecule has 1 heterocycles. The topological polar surface area (TPSA) is 59.9 Å². The molecule has 0 aliphatic rings. The number of hydrogen-bond donors (Lipinski definition) is 1. The SMILES string of the molecule is CCOc1nc(NC)nc(-c2cccc(C)c2)n1. The van der Waals surface area contributed by atoms with Crippen LogP contribution in [0.3, 0.4) is 0 Å². The van der Waals surface area contributed by atoms with E-state index in [1.54, 1.807) is 7.05 Å². The van der Waals surface area contributed by atoms with Crippen LogP contribution in [0.1, 0.15) is 12.5 Å². The zero-order chi connectivity index (χ0) is 13.0. The molecule has 2 rings (SSSR count). The summed E-state index contributed by atoms with van der Waals surface area (Å²) < 4.78 is 5.34. The number of aryl methyl sites for hydroxylation is 1. The highest BCUT2D eigenvalue weighted by Gasteiger charge is 2.08. The van der Waals surface area contributed by atoms with Crippen molar-refractivity contribution in [2.75, 3.05) is 19.0 Å². The Morgan fingerprint density at radius 1 is 1.22 bits per heavy atom. The molecule has 5 nitrogen and oxygen atoms in total. The van der Waals surface area contributed by atoms with Crippen LogP contribution in [0.5, 0.6) is 6.01 Å². The molecule has 2 aromatic rings. The molecule has 94 valence electrons. The van der Waals surface area contributed by atoms with E-state index in [1.807, 2.05) is 38.1 Å². The van der Waals surface area contributed by atoms with Gasteiger partial charge in [-0.2, -0.15) is 15.0 Å². The van der Waals surface area contributed by atoms with Crippen molar-refractivity contribution in [3.8, 4) is 17.4 Å². The lowest BCUT2D eigenvalue weighted by Crippen LogP contribution is -2.05. The summed E-state index contributed by atoms with van der Waals surface area (Å²) in [7, 11) is 1.77. The van der Waals surface area contributed by atoms with Crippen LogP contribution < -0.4 is 10.1 Å². The second kappa shape index (κ2) is 5.44. The minimum atomic E-state index is 0.341. The molecule has 0 saturated carbocycles. The predicted octanol–water partition coefficient (Wildman–Crippen LogP) is 2.29. The van der Waals surface area contributed by atoms with Crippen LogP contribution in [-0.4, -0.2) is 28.6 Å². The molecule has 0 spiro atoms. The third-order valence-corrected chi connectivity index (χ3v) is 2.39. The van der Waals surface area contributed by atoms with Crippen molar-refractivity contribution in [2.24, 2.45) is 0 Å². The number of ether oxygens (including phenoxy) is 1. The first kappa shape index (κ1) is 12.3. The van der Waals surface area contributed by atoms with Crippen LogP contribution in [0.2, 0.25) is 0 Å². The number of nitrogens with one attached hydrogen (secondary N) is 1. The van der Waals surface area contributed by atoms with Crippen LogP contribution in [0.25, 0.3) is 11.4 Å². The zero-order valence-corrected chi connectivity index (χ0v) is 10.8. The van der Waals surface area contributed by atoms with E-state index in [0.29, 0.717) is 24.4 Å². The van der Waals surface area contributed by atoms with E-state index in [0.717, 1.165) is 11.1 Å². The van der Waals surface area contributed by atoms with Gasteiger partial charge in [-0.1, -0.05) is 23.8 Å². The summed E-state index contributed by atoms with van der Waals surface area (Å²) in [6.07, 6.45) is 0. The standard InChI is InChI=1S/C13H16N4O/c1-4-18-13-16-11(15-12(14-3)17-13)10-7-5-6-9(2)8-10/h5-8H,4H2,1-3H3,(H,14,15,16,17). The molecule has 0 fully saturated rings. The van der Waals surface area contributed by atoms with Crippen LogP contribution in [-0.2, 0) is 0 Å². The summed E-state index contributed by atoms with van der Waals surface area (Å²) in [5.41, 5.74) is 2.12. The fourth-order valence-corrected chi connectivity index (χ4v) is 1.58. The van der Waals surface area contributed by atoms with Crippen LogP contribution in [0.4, 0.5) is 5.95 Å². The van der Waals surface area contributed by atoms with Gasteiger partial charge in [-0.3, -0.25) is 0 Å². The molecular formula is C13H16N4O. The first-order chi connectivity index (χ1) is 8.72. The highest BCUT2D eigenvalue weighted by molar-refractivity contribution is 5.57. The lowest BCUT2D eigenvalue weighted by atomic mass is 10.1. The van der Waals surface area contributed by atoms with E-state index >= 15 is 0 Å². The van der Waals surface area contributed by atoms with Gasteiger partial charge in [0.1, 0.15) is 0 Å². The van der Waals surface area contributed by atoms with Crippen molar-refractivity contribution in [3.05, 3.63) is 29.8 Å². The monoisotopic (exact) mass is 244 g/mol. The Kier molecular flexibility index (Phi) is 3.72. The maximum absolute atomic E-state index is 5.34. The number of aromatic nitrogens is 3. The summed E-state index contributed by atoms with van der Waals surface area (Å²) in [6, 6.07) is 8.36. The third kappa shape index (κ3) is 2.74. The maximum atomic E-state index is 5.34. The van der Waals surface area contributed by atoms with Crippen LogP contribution in [0.15, 0.2) is 24.3 Å². The number of nitrogens with zero attached hydrogens (tertiary/aromatic N) is 3. The molecule has 1 aromatic carbocycles. The summed E-state index contributed by atoms with van der Waals surface area (Å²) in [5, 5.41) is 2.91. The van der Waals surface area contributed by atoms with Crippen molar-refractivity contribution in [1.29, 1.82) is 0 Å². The molecule has 1 aromatic heterocycles. The molecule has 0 amide bonds. The maximum Gasteiger partial charge on any atom is 0.321 e. The fraction of sp³-hybridized carbons (Fsp3) is 0.308. The van der Waals surface area contributed by atoms with Crippen LogP contribution >= 0.6 is 0 Å². The molecule has 0 aliphatic heterocycles. The first-order valence-electron chi connectivity index (χ1n) is 5.86. The second-order valence-electron chi connectivity index (χ2n) is 3.82. The average Bonchev–Trinajstić information content (AvgIpc) is 2.39. The van der Waals surface area contributed by atoms with Crippen molar-refractivity contribution >= 4 is 5.95 Å². The molecule has 0 unspecified atom stereocenters. The zero-order valence-electron chi connectivity index (χ0n) is 10.8. The Morgan fingerprint density at radius 2 is 2.06 bits per heavy atom. The van der Waals surface area contributed by atoms with Gasteiger partial charge in [0.2, 0.25) is 5.95 Å². The van der Waals surface area contributed by atoms with Gasteiger partial charge >= 0.3 is 6.01 Å². The van der Waals surface area contributed by atoms with Crippen molar-refractivity contribution in [2.45, 2.75) is 13.8 Å². The molecule has 0 saturated heterocycles. The summed E-state index contributed by atoms with van der Waals surface area (Å²) >= 11 is 0. The molecule has 1 N–H and O–H groups in total. The van der Waals surface area contributed by atoms with Crippen LogP contribution in [0, 0.1) is 6.92 Å². The molecule has 0 aliphatic carbocycles. The van der Waals surface area contributed by atoms with E-state index < -0.39 is 0 Å². The normalized spacial score (nSPS) is 10.2. The Hall–Kier alpha value is -2.17. The summed E-state index contributed by atoms with van der Waals surface area (Å²) in [4.78, 5) is 12.8. The van der Waals surface area contributed by atoms with Crippen molar-refractivity contribution < 1.29 is 4.74 Å². The van der Waals surface area contributed by atoms with Crippen molar-refractivity contribution in [3.63, 3.8) is 0 Å². The number of anilines is 1. The number of rotatable bonds is 4. The van der Waals surface area contributed by atoms with Gasteiger partial charge in [0.25, 0.3) is 0 Å². The Bertz CT molecular complexity index is 542. The number of hydrogen-bond acceptors (Lipinski definition) is 5. The van der Waals surface area contributed by atoms with E-state index in [-0.39, 0.29) is 0 Å². The van der Waals surface area contributed by atoms with Gasteiger partial charge in [0.05, 0.1) is 6.61 Å². The van der Waals surface area contributed by atoms with E-state index in [4.69, 9.17) is 4.74 Å². The summed E-state index contributed by atoms with van der Waals surface area (Å²) in [6.45, 7) is 4.46. The van der Waals surface area contributed by atoms with Gasteiger partial charge in [0, 0.05) is 12.6 Å². The Morgan fingerprint density at radius 3 is 2.72 bits per heavy atom. The van der Waals surface area contributed by atoms with Crippen molar-refractivity contribution in [1.82, 2.24) is 15.0 Å². The van der Waals surface area contributed by atoms with Gasteiger partial charge < -0.3 is 10.1 Å². The first-order valence-corrected chi connectivity index (χ1v) is 5.86. The second-order valence-corrected chi connectivity index (χ2v) is 3.82. The average molecular weight is 244 g/mol. The molecule has 5 heteroatoms. The number of benzene rings is 1. The highest BCUT2D eigenvalue weighted by atomic mass is 16.5. The van der Waals surface area contributed by atoms with Gasteiger partial charge in [-0.15, -0.1) is 0 Å². The molecule has 18 heavy (non-hydrogen) atoms. The Balaban J connectivity index is 2.46. The van der Waals surface area contributed by atoms with Gasteiger partial charge in [-0.05, 0) is 19.9 Å². The smallest absolute Gasteiger partial charge is 0.321 e.